The fourth-order valence-electron chi connectivity index (χ4n) is 0.973. The highest BCUT2D eigenvalue weighted by molar-refractivity contribution is 5.31. The van der Waals surface area contributed by atoms with Gasteiger partial charge in [-0.05, 0) is 0 Å². The number of hydrogen-bond donors (Lipinski definition) is 0. The summed E-state index contributed by atoms with van der Waals surface area (Å²) in [6, 6.07) is 0.426. The zero-order valence-corrected chi connectivity index (χ0v) is 7.78. The van der Waals surface area contributed by atoms with Crippen LogP contribution in [0.4, 0.5) is 26.3 Å². The van der Waals surface area contributed by atoms with Crippen LogP contribution in [0.25, 0.3) is 0 Å². The van der Waals surface area contributed by atoms with Crippen molar-refractivity contribution in [2.24, 2.45) is 0 Å². The van der Waals surface area contributed by atoms with E-state index in [1.807, 2.05) is 0 Å². The van der Waals surface area contributed by atoms with Crippen LogP contribution in [0.1, 0.15) is 17.8 Å². The van der Waals surface area contributed by atoms with E-state index in [1.54, 1.807) is 0 Å². The number of alkyl halides is 5. The summed E-state index contributed by atoms with van der Waals surface area (Å²) in [5.74, 6) is -2.72. The topological polar surface area (TPSA) is 22.1 Å². The van der Waals surface area contributed by atoms with Gasteiger partial charge in [-0.15, -0.1) is 0 Å². The first kappa shape index (κ1) is 12.6. The van der Waals surface area contributed by atoms with E-state index in [2.05, 4.69) is 9.72 Å². The van der Waals surface area contributed by atoms with Crippen molar-refractivity contribution in [1.82, 2.24) is 4.98 Å². The Labute approximate surface area is 85.9 Å². The minimum Gasteiger partial charge on any atom is -0.494 e. The van der Waals surface area contributed by atoms with Gasteiger partial charge in [0.25, 0.3) is 6.43 Å². The summed E-state index contributed by atoms with van der Waals surface area (Å²) in [6.07, 6.45) is -8.39. The van der Waals surface area contributed by atoms with Crippen molar-refractivity contribution in [3.63, 3.8) is 0 Å². The van der Waals surface area contributed by atoms with E-state index in [0.29, 0.717) is 6.07 Å². The molecule has 1 heterocycles. The average molecular weight is 245 g/mol. The predicted molar refractivity (Wildman–Crippen MR) is 40.7 cm³/mol. The zero-order chi connectivity index (χ0) is 12.5. The molecule has 0 bridgehead atoms. The van der Waals surface area contributed by atoms with Gasteiger partial charge in [-0.25, -0.2) is 18.2 Å². The summed E-state index contributed by atoms with van der Waals surface area (Å²) in [4.78, 5) is 2.52. The third-order valence-corrected chi connectivity index (χ3v) is 1.66. The van der Waals surface area contributed by atoms with Crippen LogP contribution >= 0.6 is 0 Å². The van der Waals surface area contributed by atoms with Crippen LogP contribution in [-0.2, 0) is 6.18 Å². The molecule has 16 heavy (non-hydrogen) atoms. The maximum absolute atomic E-state index is 13.1. The first-order valence-corrected chi connectivity index (χ1v) is 3.87. The Balaban J connectivity index is 3.42. The molecule has 0 radical (unpaired) electrons. The van der Waals surface area contributed by atoms with E-state index < -0.39 is 35.6 Å². The Morgan fingerprint density at radius 2 is 1.88 bits per heavy atom. The van der Waals surface area contributed by atoms with Crippen molar-refractivity contribution in [2.45, 2.75) is 12.6 Å². The molecule has 1 rings (SSSR count). The number of nitrogens with zero attached hydrogens (tertiary/aromatic N) is 1. The summed E-state index contributed by atoms with van der Waals surface area (Å²) >= 11 is 0. The summed E-state index contributed by atoms with van der Waals surface area (Å²) in [5.41, 5.74) is -3.20. The van der Waals surface area contributed by atoms with Crippen molar-refractivity contribution in [3.8, 4) is 5.75 Å². The van der Waals surface area contributed by atoms with Gasteiger partial charge in [-0.2, -0.15) is 13.2 Å². The van der Waals surface area contributed by atoms with Crippen LogP contribution in [0.15, 0.2) is 6.07 Å². The van der Waals surface area contributed by atoms with Crippen LogP contribution in [-0.4, -0.2) is 12.1 Å². The molecular formula is C8H5F6NO. The number of rotatable bonds is 2. The van der Waals surface area contributed by atoms with Gasteiger partial charge in [0, 0.05) is 6.07 Å². The lowest BCUT2D eigenvalue weighted by Crippen LogP contribution is -2.14. The van der Waals surface area contributed by atoms with E-state index in [0.717, 1.165) is 7.11 Å². The van der Waals surface area contributed by atoms with Gasteiger partial charge in [0.1, 0.15) is 5.69 Å². The first-order valence-electron chi connectivity index (χ1n) is 3.87. The Kier molecular flexibility index (Phi) is 3.30. The fraction of sp³-hybridized carbons (Fsp3) is 0.375. The van der Waals surface area contributed by atoms with Crippen LogP contribution in [0, 0.1) is 5.82 Å². The fourth-order valence-corrected chi connectivity index (χ4v) is 0.973. The molecule has 0 atom stereocenters. The number of aromatic nitrogens is 1. The van der Waals surface area contributed by atoms with Gasteiger partial charge in [-0.1, -0.05) is 0 Å². The number of methoxy groups -OCH3 is 1. The van der Waals surface area contributed by atoms with E-state index in [9.17, 15) is 26.3 Å². The molecule has 0 unspecified atom stereocenters. The van der Waals surface area contributed by atoms with Crippen molar-refractivity contribution in [2.75, 3.05) is 7.11 Å². The average Bonchev–Trinajstić information content (AvgIpc) is 2.15. The molecule has 2 nitrogen and oxygen atoms in total. The molecule has 0 N–H and O–H groups in total. The summed E-state index contributed by atoms with van der Waals surface area (Å²) in [6.45, 7) is 0. The van der Waals surface area contributed by atoms with E-state index in [4.69, 9.17) is 0 Å². The van der Waals surface area contributed by atoms with E-state index in [1.165, 1.54) is 0 Å². The standard InChI is InChI=1S/C8H5F6NO/c1-16-4-2-3(7(10)11)15-6(5(4)9)8(12,13)14/h2,7H,1H3. The third kappa shape index (κ3) is 2.37. The highest BCUT2D eigenvalue weighted by Gasteiger charge is 2.38. The Hall–Kier alpha value is -1.47. The smallest absolute Gasteiger partial charge is 0.436 e. The van der Waals surface area contributed by atoms with Crippen molar-refractivity contribution >= 4 is 0 Å². The van der Waals surface area contributed by atoms with Crippen molar-refractivity contribution in [1.29, 1.82) is 0 Å². The lowest BCUT2D eigenvalue weighted by molar-refractivity contribution is -0.144. The highest BCUT2D eigenvalue weighted by Crippen LogP contribution is 2.35. The molecule has 0 aliphatic heterocycles. The summed E-state index contributed by atoms with van der Waals surface area (Å²) in [7, 11) is 0.869. The highest BCUT2D eigenvalue weighted by atomic mass is 19.4. The molecule has 1 aromatic rings. The van der Waals surface area contributed by atoms with Gasteiger partial charge in [0.2, 0.25) is 0 Å². The third-order valence-electron chi connectivity index (χ3n) is 1.66. The molecule has 0 saturated heterocycles. The molecule has 0 fully saturated rings. The maximum atomic E-state index is 13.1. The molecule has 8 heteroatoms. The zero-order valence-electron chi connectivity index (χ0n) is 7.78. The molecule has 0 aliphatic rings. The van der Waals surface area contributed by atoms with Crippen LogP contribution in [0.2, 0.25) is 0 Å². The normalized spacial score (nSPS) is 12.0. The van der Waals surface area contributed by atoms with Crippen molar-refractivity contribution < 1.29 is 31.1 Å². The molecule has 0 spiro atoms. The minimum atomic E-state index is -5.15. The second-order valence-electron chi connectivity index (χ2n) is 2.71. The summed E-state index contributed by atoms with van der Waals surface area (Å²) in [5, 5.41) is 0. The van der Waals surface area contributed by atoms with E-state index in [-0.39, 0.29) is 0 Å². The van der Waals surface area contributed by atoms with Gasteiger partial charge >= 0.3 is 6.18 Å². The largest absolute Gasteiger partial charge is 0.494 e. The van der Waals surface area contributed by atoms with Crippen LogP contribution in [0.3, 0.4) is 0 Å². The van der Waals surface area contributed by atoms with Gasteiger partial charge in [-0.3, -0.25) is 0 Å². The van der Waals surface area contributed by atoms with Gasteiger partial charge in [0.05, 0.1) is 7.11 Å². The Bertz CT molecular complexity index is 389. The SMILES string of the molecule is COc1cc(C(F)F)nc(C(F)(F)F)c1F. The second-order valence-corrected chi connectivity index (χ2v) is 2.71. The van der Waals surface area contributed by atoms with Crippen LogP contribution in [0.5, 0.6) is 5.75 Å². The minimum absolute atomic E-state index is 0.426. The number of ether oxygens (including phenoxy) is 1. The number of pyridine rings is 1. The lowest BCUT2D eigenvalue weighted by atomic mass is 10.2. The second kappa shape index (κ2) is 4.18. The maximum Gasteiger partial charge on any atom is 0.436 e. The van der Waals surface area contributed by atoms with E-state index >= 15 is 0 Å². The quantitative estimate of drug-likeness (QED) is 0.746. The molecule has 90 valence electrons. The number of halogens is 6. The van der Waals surface area contributed by atoms with Gasteiger partial charge in [0.15, 0.2) is 17.3 Å². The molecule has 0 amide bonds. The Morgan fingerprint density at radius 3 is 2.25 bits per heavy atom. The molecule has 0 aliphatic carbocycles. The van der Waals surface area contributed by atoms with Crippen molar-refractivity contribution in [3.05, 3.63) is 23.3 Å². The number of hydrogen-bond acceptors (Lipinski definition) is 2. The Morgan fingerprint density at radius 1 is 1.31 bits per heavy atom. The summed E-state index contributed by atoms with van der Waals surface area (Å²) < 4.78 is 78.3. The lowest BCUT2D eigenvalue weighted by Gasteiger charge is -2.11. The monoisotopic (exact) mass is 245 g/mol. The first-order chi connectivity index (χ1) is 7.27. The molecule has 0 saturated carbocycles. The van der Waals surface area contributed by atoms with Gasteiger partial charge < -0.3 is 4.74 Å². The van der Waals surface area contributed by atoms with Crippen LogP contribution < -0.4 is 4.74 Å². The molecular weight excluding hydrogens is 240 g/mol. The molecule has 1 aromatic heterocycles. The molecule has 0 aromatic carbocycles. The predicted octanol–water partition coefficient (Wildman–Crippen LogP) is 3.19.